The Morgan fingerprint density at radius 2 is 1.47 bits per heavy atom. The fraction of sp³-hybridized carbons (Fsp3) is 0.278. The third kappa shape index (κ3) is 4.13. The van der Waals surface area contributed by atoms with E-state index in [4.69, 9.17) is 9.47 Å². The Bertz CT molecular complexity index is 1600. The summed E-state index contributed by atoms with van der Waals surface area (Å²) in [6, 6.07) is 33.4. The Morgan fingerprint density at radius 3 is 2.32 bits per heavy atom. The van der Waals surface area contributed by atoms with Crippen molar-refractivity contribution in [3.8, 4) is 33.8 Å². The highest BCUT2D eigenvalue weighted by molar-refractivity contribution is 6.09. The average Bonchev–Trinajstić information content (AvgIpc) is 3.44. The molecule has 7 rings (SSSR count). The first-order chi connectivity index (χ1) is 18.8. The van der Waals surface area contributed by atoms with Crippen LogP contribution in [-0.2, 0) is 0 Å². The zero-order valence-electron chi connectivity index (χ0n) is 22.1. The third-order valence-corrected chi connectivity index (χ3v) is 8.80. The van der Waals surface area contributed by atoms with Crippen molar-refractivity contribution < 1.29 is 9.47 Å². The second kappa shape index (κ2) is 9.83. The smallest absolute Gasteiger partial charge is 0.231 e. The predicted octanol–water partition coefficient (Wildman–Crippen LogP) is 10.1. The van der Waals surface area contributed by atoms with Gasteiger partial charge in [-0.1, -0.05) is 98.6 Å². The first-order valence-electron chi connectivity index (χ1n) is 14.2. The van der Waals surface area contributed by atoms with E-state index in [1.807, 2.05) is 0 Å². The molecule has 1 saturated carbocycles. The van der Waals surface area contributed by atoms with Crippen LogP contribution in [0.3, 0.4) is 0 Å². The predicted molar refractivity (Wildman–Crippen MR) is 158 cm³/mol. The van der Waals surface area contributed by atoms with Gasteiger partial charge >= 0.3 is 0 Å². The van der Waals surface area contributed by atoms with Gasteiger partial charge in [-0.25, -0.2) is 0 Å². The van der Waals surface area contributed by atoms with Gasteiger partial charge in [-0.15, -0.1) is 0 Å². The minimum atomic E-state index is 0.262. The molecule has 2 heteroatoms. The van der Waals surface area contributed by atoms with Crippen molar-refractivity contribution in [2.45, 2.75) is 51.4 Å². The van der Waals surface area contributed by atoms with E-state index in [1.165, 1.54) is 82.3 Å². The molecule has 0 spiro atoms. The number of hydrogen-bond acceptors (Lipinski definition) is 2. The average molecular weight is 499 g/mol. The molecular formula is C36H34O2. The van der Waals surface area contributed by atoms with Gasteiger partial charge in [0, 0.05) is 5.56 Å². The van der Waals surface area contributed by atoms with Crippen LogP contribution in [0.15, 0.2) is 91.0 Å². The molecule has 0 bridgehead atoms. The molecule has 0 unspecified atom stereocenters. The summed E-state index contributed by atoms with van der Waals surface area (Å²) in [5, 5.41) is 4.82. The second-order valence-corrected chi connectivity index (χ2v) is 11.1. The van der Waals surface area contributed by atoms with Gasteiger partial charge in [-0.05, 0) is 93.5 Å². The van der Waals surface area contributed by atoms with Gasteiger partial charge in [-0.3, -0.25) is 0 Å². The molecule has 5 aromatic carbocycles. The molecule has 38 heavy (non-hydrogen) atoms. The van der Waals surface area contributed by atoms with E-state index in [1.54, 1.807) is 0 Å². The van der Waals surface area contributed by atoms with E-state index in [9.17, 15) is 0 Å². The van der Waals surface area contributed by atoms with Gasteiger partial charge in [0.1, 0.15) is 0 Å². The molecule has 2 nitrogen and oxygen atoms in total. The van der Waals surface area contributed by atoms with E-state index >= 15 is 0 Å². The van der Waals surface area contributed by atoms with Crippen molar-refractivity contribution in [2.75, 3.05) is 6.79 Å². The zero-order valence-corrected chi connectivity index (χ0v) is 22.1. The van der Waals surface area contributed by atoms with Crippen LogP contribution in [0.25, 0.3) is 43.8 Å². The molecule has 190 valence electrons. The third-order valence-electron chi connectivity index (χ3n) is 8.80. The first kappa shape index (κ1) is 23.3. The highest BCUT2D eigenvalue weighted by atomic mass is 16.7. The van der Waals surface area contributed by atoms with Gasteiger partial charge in [-0.2, -0.15) is 0 Å². The molecule has 5 aromatic rings. The monoisotopic (exact) mass is 498 g/mol. The topological polar surface area (TPSA) is 18.5 Å². The second-order valence-electron chi connectivity index (χ2n) is 11.1. The highest BCUT2D eigenvalue weighted by Crippen LogP contribution is 2.49. The largest absolute Gasteiger partial charge is 0.454 e. The van der Waals surface area contributed by atoms with Crippen molar-refractivity contribution in [3.05, 3.63) is 96.6 Å². The Morgan fingerprint density at radius 1 is 0.684 bits per heavy atom. The summed E-state index contributed by atoms with van der Waals surface area (Å²) in [4.78, 5) is 0. The minimum Gasteiger partial charge on any atom is -0.454 e. The van der Waals surface area contributed by atoms with Crippen LogP contribution in [0.4, 0.5) is 0 Å². The molecule has 1 aliphatic heterocycles. The first-order valence-corrected chi connectivity index (χ1v) is 14.2. The van der Waals surface area contributed by atoms with Gasteiger partial charge in [0.05, 0.1) is 0 Å². The molecule has 1 aliphatic carbocycles. The van der Waals surface area contributed by atoms with Gasteiger partial charge < -0.3 is 9.47 Å². The number of benzene rings is 5. The summed E-state index contributed by atoms with van der Waals surface area (Å²) < 4.78 is 11.9. The quantitative estimate of drug-likeness (QED) is 0.240. The Labute approximate surface area is 225 Å². The SMILES string of the molecule is CCCC1CCC(c2ccc(-c3ccc4cc5c(c(-c6cccc7ccccc67)c4c3)OCO5)cc2)CC1. The molecule has 0 amide bonds. The van der Waals surface area contributed by atoms with Crippen LogP contribution >= 0.6 is 0 Å². The molecule has 0 N–H and O–H groups in total. The van der Waals surface area contributed by atoms with Crippen LogP contribution in [0.1, 0.15) is 56.9 Å². The molecule has 0 radical (unpaired) electrons. The molecule has 1 fully saturated rings. The van der Waals surface area contributed by atoms with E-state index in [0.717, 1.165) is 23.0 Å². The van der Waals surface area contributed by atoms with Crippen molar-refractivity contribution in [1.29, 1.82) is 0 Å². The van der Waals surface area contributed by atoms with Crippen LogP contribution in [0.2, 0.25) is 0 Å². The molecule has 0 aromatic heterocycles. The Hall–Kier alpha value is -3.78. The molecule has 1 heterocycles. The van der Waals surface area contributed by atoms with Crippen molar-refractivity contribution >= 4 is 21.5 Å². The summed E-state index contributed by atoms with van der Waals surface area (Å²) >= 11 is 0. The Balaban J connectivity index is 1.28. The fourth-order valence-electron chi connectivity index (χ4n) is 6.78. The Kier molecular flexibility index (Phi) is 6.04. The highest BCUT2D eigenvalue weighted by Gasteiger charge is 2.24. The van der Waals surface area contributed by atoms with Crippen LogP contribution < -0.4 is 9.47 Å². The van der Waals surface area contributed by atoms with Crippen molar-refractivity contribution in [3.63, 3.8) is 0 Å². The lowest BCUT2D eigenvalue weighted by Gasteiger charge is -2.28. The summed E-state index contributed by atoms with van der Waals surface area (Å²) in [6.45, 7) is 2.58. The molecule has 0 saturated heterocycles. The maximum Gasteiger partial charge on any atom is 0.231 e. The molecule has 2 aliphatic rings. The summed E-state index contributed by atoms with van der Waals surface area (Å²) in [5.74, 6) is 3.33. The van der Waals surface area contributed by atoms with Crippen molar-refractivity contribution in [1.82, 2.24) is 0 Å². The van der Waals surface area contributed by atoms with Gasteiger partial charge in [0.2, 0.25) is 6.79 Å². The summed E-state index contributed by atoms with van der Waals surface area (Å²) in [6.07, 6.45) is 8.16. The number of hydrogen-bond donors (Lipinski definition) is 0. The number of rotatable bonds is 5. The minimum absolute atomic E-state index is 0.262. The number of fused-ring (bicyclic) bond motifs is 3. The molecule has 0 atom stereocenters. The zero-order chi connectivity index (χ0) is 25.5. The van der Waals surface area contributed by atoms with Crippen LogP contribution in [0, 0.1) is 5.92 Å². The van der Waals surface area contributed by atoms with E-state index in [0.29, 0.717) is 5.92 Å². The van der Waals surface area contributed by atoms with Crippen LogP contribution in [0.5, 0.6) is 11.5 Å². The lowest BCUT2D eigenvalue weighted by atomic mass is 9.77. The maximum atomic E-state index is 6.07. The standard InChI is InChI=1S/C36H34O2/c1-2-6-24-11-13-25(14-12-24)26-15-17-27(18-16-26)29-19-20-30-22-34-36(38-23-37-34)35(33(30)21-29)32-10-5-8-28-7-3-4-9-31(28)32/h3-5,7-10,15-22,24-25H,2,6,11-14,23H2,1H3. The van der Waals surface area contributed by atoms with E-state index in [-0.39, 0.29) is 6.79 Å². The lowest BCUT2D eigenvalue weighted by Crippen LogP contribution is -2.13. The molecular weight excluding hydrogens is 464 g/mol. The van der Waals surface area contributed by atoms with Gasteiger partial charge in [0.25, 0.3) is 0 Å². The fourth-order valence-corrected chi connectivity index (χ4v) is 6.78. The lowest BCUT2D eigenvalue weighted by molar-refractivity contribution is 0.174. The van der Waals surface area contributed by atoms with E-state index in [2.05, 4.69) is 97.9 Å². The van der Waals surface area contributed by atoms with Crippen molar-refractivity contribution in [2.24, 2.45) is 5.92 Å². The van der Waals surface area contributed by atoms with Gasteiger partial charge in [0.15, 0.2) is 11.5 Å². The van der Waals surface area contributed by atoms with E-state index < -0.39 is 0 Å². The summed E-state index contributed by atoms with van der Waals surface area (Å²) in [5.41, 5.74) is 6.30. The normalized spacial score (nSPS) is 18.8. The summed E-state index contributed by atoms with van der Waals surface area (Å²) in [7, 11) is 0. The van der Waals surface area contributed by atoms with Crippen LogP contribution in [-0.4, -0.2) is 6.79 Å². The number of ether oxygens (including phenoxy) is 2. The maximum absolute atomic E-state index is 6.07.